The van der Waals surface area contributed by atoms with E-state index in [0.717, 1.165) is 0 Å². The van der Waals surface area contributed by atoms with Crippen molar-refractivity contribution in [2.45, 2.75) is 12.5 Å². The molecule has 2 aromatic rings. The number of methoxy groups -OCH3 is 2. The SMILES string of the molecule is COc1cc(N)c2c(C(=O)NC3CC(=O)NC3=O)nccc2c1OC. The number of carbonyl (C=O) groups is 3. The summed E-state index contributed by atoms with van der Waals surface area (Å²) in [4.78, 5) is 39.6. The quantitative estimate of drug-likeness (QED) is 0.524. The normalized spacial score (nSPS) is 16.6. The van der Waals surface area contributed by atoms with E-state index >= 15 is 0 Å². The van der Waals surface area contributed by atoms with Crippen LogP contribution in [0.15, 0.2) is 18.3 Å². The number of pyridine rings is 1. The molecule has 1 atom stereocenters. The Morgan fingerprint density at radius 2 is 2.12 bits per heavy atom. The molecule has 0 spiro atoms. The number of hydrogen-bond donors (Lipinski definition) is 3. The third kappa shape index (κ3) is 2.80. The van der Waals surface area contributed by atoms with Gasteiger partial charge < -0.3 is 20.5 Å². The van der Waals surface area contributed by atoms with E-state index in [9.17, 15) is 14.4 Å². The summed E-state index contributed by atoms with van der Waals surface area (Å²) >= 11 is 0. The summed E-state index contributed by atoms with van der Waals surface area (Å²) in [5.74, 6) is -0.764. The van der Waals surface area contributed by atoms with Gasteiger partial charge in [0.25, 0.3) is 5.91 Å². The number of benzene rings is 1. The second-order valence-electron chi connectivity index (χ2n) is 5.43. The standard InChI is InChI=1S/C16H16N4O5/c1-24-10-5-8(17)12-7(14(10)25-2)3-4-18-13(12)16(23)19-9-6-11(21)20-15(9)22/h3-5,9H,6,17H2,1-2H3,(H,19,23)(H,20,21,22). The van der Waals surface area contributed by atoms with E-state index < -0.39 is 23.8 Å². The molecule has 0 saturated carbocycles. The van der Waals surface area contributed by atoms with E-state index in [4.69, 9.17) is 15.2 Å². The highest BCUT2D eigenvalue weighted by Crippen LogP contribution is 2.39. The number of carbonyl (C=O) groups excluding carboxylic acids is 3. The lowest BCUT2D eigenvalue weighted by atomic mass is 10.0. The van der Waals surface area contributed by atoms with Crippen LogP contribution in [0.5, 0.6) is 11.5 Å². The Bertz CT molecular complexity index is 896. The van der Waals surface area contributed by atoms with Gasteiger partial charge in [0.05, 0.1) is 20.6 Å². The first-order chi connectivity index (χ1) is 12.0. The predicted molar refractivity (Wildman–Crippen MR) is 88.3 cm³/mol. The number of fused-ring (bicyclic) bond motifs is 1. The number of amides is 3. The Morgan fingerprint density at radius 3 is 2.72 bits per heavy atom. The van der Waals surface area contributed by atoms with Gasteiger partial charge in [0.2, 0.25) is 11.8 Å². The fourth-order valence-electron chi connectivity index (χ4n) is 2.79. The van der Waals surface area contributed by atoms with Gasteiger partial charge in [-0.3, -0.25) is 24.7 Å². The Balaban J connectivity index is 2.06. The Kier molecular flexibility index (Phi) is 4.14. The molecule has 0 aliphatic carbocycles. The van der Waals surface area contributed by atoms with Gasteiger partial charge >= 0.3 is 0 Å². The molecular weight excluding hydrogens is 328 g/mol. The molecule has 9 heteroatoms. The van der Waals surface area contributed by atoms with Crippen LogP contribution in [0, 0.1) is 0 Å². The van der Waals surface area contributed by atoms with Crippen molar-refractivity contribution in [3.8, 4) is 11.5 Å². The van der Waals surface area contributed by atoms with Crippen molar-refractivity contribution in [2.24, 2.45) is 0 Å². The number of nitrogens with two attached hydrogens (primary N) is 1. The molecule has 1 aliphatic heterocycles. The average molecular weight is 344 g/mol. The average Bonchev–Trinajstić information content (AvgIpc) is 2.91. The molecule has 1 fully saturated rings. The minimum absolute atomic E-state index is 0.0307. The molecule has 3 amide bonds. The van der Waals surface area contributed by atoms with Crippen LogP contribution in [0.3, 0.4) is 0 Å². The van der Waals surface area contributed by atoms with Crippen molar-refractivity contribution in [1.29, 1.82) is 0 Å². The Morgan fingerprint density at radius 1 is 1.36 bits per heavy atom. The van der Waals surface area contributed by atoms with Gasteiger partial charge in [-0.15, -0.1) is 0 Å². The fourth-order valence-corrected chi connectivity index (χ4v) is 2.79. The number of aromatic nitrogens is 1. The molecule has 25 heavy (non-hydrogen) atoms. The summed E-state index contributed by atoms with van der Waals surface area (Å²) in [6, 6.07) is 2.25. The molecule has 0 radical (unpaired) electrons. The van der Waals surface area contributed by atoms with E-state index in [1.165, 1.54) is 26.5 Å². The summed E-state index contributed by atoms with van der Waals surface area (Å²) in [5, 5.41) is 5.56. The third-order valence-electron chi connectivity index (χ3n) is 3.91. The minimum Gasteiger partial charge on any atom is -0.493 e. The lowest BCUT2D eigenvalue weighted by Crippen LogP contribution is -2.40. The van der Waals surface area contributed by atoms with Crippen LogP contribution in [0.2, 0.25) is 0 Å². The van der Waals surface area contributed by atoms with Gasteiger partial charge in [0.1, 0.15) is 11.7 Å². The molecule has 1 unspecified atom stereocenters. The Hall–Kier alpha value is -3.36. The molecule has 3 rings (SSSR count). The monoisotopic (exact) mass is 344 g/mol. The van der Waals surface area contributed by atoms with Crippen LogP contribution in [0.4, 0.5) is 5.69 Å². The molecule has 2 heterocycles. The first-order valence-electron chi connectivity index (χ1n) is 7.40. The number of hydrogen-bond acceptors (Lipinski definition) is 7. The van der Waals surface area contributed by atoms with Crippen LogP contribution in [0.25, 0.3) is 10.8 Å². The molecule has 1 aromatic heterocycles. The van der Waals surface area contributed by atoms with Gasteiger partial charge in [-0.25, -0.2) is 0 Å². The third-order valence-corrected chi connectivity index (χ3v) is 3.91. The smallest absolute Gasteiger partial charge is 0.271 e. The van der Waals surface area contributed by atoms with Crippen LogP contribution >= 0.6 is 0 Å². The first kappa shape index (κ1) is 16.5. The zero-order chi connectivity index (χ0) is 18.1. The molecular formula is C16H16N4O5. The zero-order valence-corrected chi connectivity index (χ0v) is 13.6. The number of rotatable bonds is 4. The number of nitrogen functional groups attached to an aromatic ring is 1. The van der Waals surface area contributed by atoms with Gasteiger partial charge in [-0.1, -0.05) is 0 Å². The molecule has 1 aromatic carbocycles. The van der Waals surface area contributed by atoms with Crippen LogP contribution < -0.4 is 25.8 Å². The summed E-state index contributed by atoms with van der Waals surface area (Å²) in [7, 11) is 2.95. The summed E-state index contributed by atoms with van der Waals surface area (Å²) in [6.45, 7) is 0. The van der Waals surface area contributed by atoms with Crippen LogP contribution in [-0.4, -0.2) is 43.0 Å². The maximum absolute atomic E-state index is 12.6. The van der Waals surface area contributed by atoms with Gasteiger partial charge in [-0.2, -0.15) is 0 Å². The molecule has 130 valence electrons. The maximum atomic E-state index is 12.6. The van der Waals surface area contributed by atoms with Crippen LogP contribution in [-0.2, 0) is 9.59 Å². The van der Waals surface area contributed by atoms with Gasteiger partial charge in [0.15, 0.2) is 11.5 Å². The topological polar surface area (TPSA) is 133 Å². The van der Waals surface area contributed by atoms with Crippen molar-refractivity contribution in [3.63, 3.8) is 0 Å². The van der Waals surface area contributed by atoms with Gasteiger partial charge in [-0.05, 0) is 6.07 Å². The summed E-state index contributed by atoms with van der Waals surface area (Å²) in [6.07, 6.45) is 1.32. The van der Waals surface area contributed by atoms with Crippen molar-refractivity contribution in [1.82, 2.24) is 15.6 Å². The van der Waals surface area contributed by atoms with Crippen molar-refractivity contribution >= 4 is 34.2 Å². The molecule has 1 saturated heterocycles. The number of nitrogens with zero attached hydrogens (tertiary/aromatic N) is 1. The van der Waals surface area contributed by atoms with Gasteiger partial charge in [0, 0.05) is 28.7 Å². The fraction of sp³-hybridized carbons (Fsp3) is 0.250. The van der Waals surface area contributed by atoms with E-state index in [-0.39, 0.29) is 17.8 Å². The first-order valence-corrected chi connectivity index (χ1v) is 7.40. The lowest BCUT2D eigenvalue weighted by Gasteiger charge is -2.15. The van der Waals surface area contributed by atoms with E-state index in [2.05, 4.69) is 15.6 Å². The highest BCUT2D eigenvalue weighted by molar-refractivity contribution is 6.14. The van der Waals surface area contributed by atoms with Crippen molar-refractivity contribution in [2.75, 3.05) is 20.0 Å². The number of nitrogens with one attached hydrogen (secondary N) is 2. The van der Waals surface area contributed by atoms with E-state index in [0.29, 0.717) is 22.3 Å². The van der Waals surface area contributed by atoms with Crippen LogP contribution in [0.1, 0.15) is 16.9 Å². The number of ether oxygens (including phenoxy) is 2. The van der Waals surface area contributed by atoms with Crippen molar-refractivity contribution < 1.29 is 23.9 Å². The zero-order valence-electron chi connectivity index (χ0n) is 13.6. The molecule has 9 nitrogen and oxygen atoms in total. The highest BCUT2D eigenvalue weighted by Gasteiger charge is 2.32. The molecule has 1 aliphatic rings. The van der Waals surface area contributed by atoms with E-state index in [1.54, 1.807) is 6.07 Å². The minimum atomic E-state index is -0.932. The second kappa shape index (κ2) is 6.27. The molecule has 0 bridgehead atoms. The second-order valence-corrected chi connectivity index (χ2v) is 5.43. The Labute approximate surface area is 142 Å². The number of imide groups is 1. The summed E-state index contributed by atoms with van der Waals surface area (Å²) < 4.78 is 10.6. The molecule has 4 N–H and O–H groups in total. The number of anilines is 1. The van der Waals surface area contributed by atoms with E-state index in [1.807, 2.05) is 0 Å². The predicted octanol–water partition coefficient (Wildman–Crippen LogP) is -0.0209. The lowest BCUT2D eigenvalue weighted by molar-refractivity contribution is -0.125. The largest absolute Gasteiger partial charge is 0.493 e. The van der Waals surface area contributed by atoms with Crippen molar-refractivity contribution in [3.05, 3.63) is 24.0 Å². The highest BCUT2D eigenvalue weighted by atomic mass is 16.5. The maximum Gasteiger partial charge on any atom is 0.271 e. The summed E-state index contributed by atoms with van der Waals surface area (Å²) in [5.41, 5.74) is 6.37.